The predicted molar refractivity (Wildman–Crippen MR) is 69.4 cm³/mol. The van der Waals surface area contributed by atoms with Gasteiger partial charge in [0.05, 0.1) is 0 Å². The summed E-state index contributed by atoms with van der Waals surface area (Å²) in [5.74, 6) is -0.855. The molecule has 2 aromatic rings. The van der Waals surface area contributed by atoms with Gasteiger partial charge in [-0.1, -0.05) is 0 Å². The van der Waals surface area contributed by atoms with Crippen LogP contribution in [-0.2, 0) is 4.79 Å². The van der Waals surface area contributed by atoms with Crippen molar-refractivity contribution in [2.45, 2.75) is 6.92 Å². The molecule has 7 heteroatoms. The fourth-order valence-corrected chi connectivity index (χ4v) is 1.04. The van der Waals surface area contributed by atoms with Gasteiger partial charge >= 0.3 is 0 Å². The smallest absolute Gasteiger partial charge is 0.300 e. The molecule has 0 saturated carbocycles. The lowest BCUT2D eigenvalue weighted by Crippen LogP contribution is -2.20. The van der Waals surface area contributed by atoms with E-state index < -0.39 is 5.97 Å². The number of nitrogens with two attached hydrogens (primary N) is 2. The van der Waals surface area contributed by atoms with E-state index in [-0.39, 0.29) is 5.96 Å². The van der Waals surface area contributed by atoms with Crippen molar-refractivity contribution < 1.29 is 15.0 Å². The third-order valence-corrected chi connectivity index (χ3v) is 1.54. The Morgan fingerprint density at radius 2 is 1.83 bits per heavy atom. The van der Waals surface area contributed by atoms with E-state index >= 15 is 0 Å². The Hall–Kier alpha value is -2.70. The van der Waals surface area contributed by atoms with Crippen molar-refractivity contribution in [2.24, 2.45) is 11.5 Å². The van der Waals surface area contributed by atoms with Crippen LogP contribution in [0.4, 0.5) is 0 Å². The first-order chi connectivity index (χ1) is 8.32. The molecule has 0 amide bonds. The summed E-state index contributed by atoms with van der Waals surface area (Å²) >= 11 is 0. The van der Waals surface area contributed by atoms with Crippen LogP contribution >= 0.6 is 0 Å². The van der Waals surface area contributed by atoms with Crippen LogP contribution in [0.1, 0.15) is 6.92 Å². The van der Waals surface area contributed by atoms with E-state index in [0.29, 0.717) is 5.75 Å². The number of carbonyl (C=O) groups is 1. The molecule has 98 valence electrons. The normalized spacial score (nSPS) is 8.50. The molecule has 0 spiro atoms. The predicted octanol–water partition coefficient (Wildman–Crippen LogP) is 0.803. The molecule has 0 fully saturated rings. The Kier molecular flexibility index (Phi) is 6.42. The van der Waals surface area contributed by atoms with Gasteiger partial charge in [-0.3, -0.25) is 10.2 Å². The van der Waals surface area contributed by atoms with E-state index in [0.717, 1.165) is 17.8 Å². The minimum atomic E-state index is -0.833. The molecule has 18 heavy (non-hydrogen) atoms. The third-order valence-electron chi connectivity index (χ3n) is 1.54. The maximum absolute atomic E-state index is 9.03. The van der Waals surface area contributed by atoms with Gasteiger partial charge in [0.2, 0.25) is 0 Å². The fraction of sp³-hybridized carbons (Fsp3) is 0.0909. The number of benzene rings is 1. The molecule has 0 aliphatic heterocycles. The van der Waals surface area contributed by atoms with Crippen molar-refractivity contribution in [2.75, 3.05) is 0 Å². The second kappa shape index (κ2) is 7.55. The number of rotatable bonds is 0. The zero-order chi connectivity index (χ0) is 14.1. The van der Waals surface area contributed by atoms with Gasteiger partial charge < -0.3 is 26.7 Å². The Morgan fingerprint density at radius 3 is 2.33 bits per heavy atom. The molecule has 1 aromatic heterocycles. The summed E-state index contributed by atoms with van der Waals surface area (Å²) in [5, 5.41) is 23.5. The maximum atomic E-state index is 9.03. The highest BCUT2D eigenvalue weighted by Crippen LogP contribution is 2.17. The van der Waals surface area contributed by atoms with Gasteiger partial charge in [0.1, 0.15) is 5.75 Å². The van der Waals surface area contributed by atoms with Gasteiger partial charge in [-0.15, -0.1) is 0 Å². The average Bonchev–Trinajstić information content (AvgIpc) is 2.62. The first-order valence-corrected chi connectivity index (χ1v) is 4.88. The van der Waals surface area contributed by atoms with E-state index in [4.69, 9.17) is 20.4 Å². The molecular weight excluding hydrogens is 236 g/mol. The van der Waals surface area contributed by atoms with E-state index in [2.05, 4.69) is 16.5 Å². The van der Waals surface area contributed by atoms with Crippen LogP contribution in [0.15, 0.2) is 30.5 Å². The van der Waals surface area contributed by atoms with E-state index in [1.807, 2.05) is 18.3 Å². The summed E-state index contributed by atoms with van der Waals surface area (Å²) in [6, 6.07) is 7.17. The molecule has 7 nitrogen and oxygen atoms in total. The summed E-state index contributed by atoms with van der Waals surface area (Å²) in [6.07, 6.45) is 1.85. The van der Waals surface area contributed by atoms with Gasteiger partial charge in [-0.2, -0.15) is 0 Å². The van der Waals surface area contributed by atoms with Crippen LogP contribution in [0.2, 0.25) is 0 Å². The van der Waals surface area contributed by atoms with Crippen LogP contribution in [0, 0.1) is 5.41 Å². The van der Waals surface area contributed by atoms with Gasteiger partial charge in [0.25, 0.3) is 5.97 Å². The molecule has 0 saturated heterocycles. The van der Waals surface area contributed by atoms with Crippen molar-refractivity contribution in [1.29, 1.82) is 5.41 Å². The number of nitrogens with one attached hydrogen (secondary N) is 2. The molecule has 1 heterocycles. The average molecular weight is 252 g/mol. The van der Waals surface area contributed by atoms with Gasteiger partial charge in [0, 0.05) is 24.0 Å². The number of hydrogen-bond donors (Lipinski definition) is 6. The quantitative estimate of drug-likeness (QED) is 0.303. The maximum Gasteiger partial charge on any atom is 0.300 e. The topological polar surface area (TPSA) is 149 Å². The monoisotopic (exact) mass is 252 g/mol. The number of aromatic amines is 1. The number of carboxylic acids is 1. The molecule has 0 atom stereocenters. The molecule has 0 unspecified atom stereocenters. The van der Waals surface area contributed by atoms with Crippen LogP contribution in [0.5, 0.6) is 5.75 Å². The standard InChI is InChI=1S/C8H7NO.C2H4O2.CH5N3/c10-7-1-2-8-6(5-7)3-4-9-8;1-2(3)4;2-1(3)4/h1-5,9-10H;1H3,(H,3,4);(H5,2,3,4). The number of aromatic hydroxyl groups is 1. The minimum Gasteiger partial charge on any atom is -0.508 e. The van der Waals surface area contributed by atoms with Crippen LogP contribution in [0.25, 0.3) is 10.9 Å². The molecule has 0 bridgehead atoms. The number of aromatic nitrogens is 1. The van der Waals surface area contributed by atoms with Crippen molar-refractivity contribution >= 4 is 22.8 Å². The molecule has 8 N–H and O–H groups in total. The van der Waals surface area contributed by atoms with Gasteiger partial charge in [-0.25, -0.2) is 0 Å². The SMILES string of the molecule is CC(=O)O.N=C(N)N.Oc1ccc2[nH]ccc2c1. The molecule has 0 aliphatic rings. The van der Waals surface area contributed by atoms with Crippen LogP contribution < -0.4 is 11.5 Å². The number of fused-ring (bicyclic) bond motifs is 1. The fourth-order valence-electron chi connectivity index (χ4n) is 1.04. The second-order valence-electron chi connectivity index (χ2n) is 3.22. The van der Waals surface area contributed by atoms with Gasteiger partial charge in [-0.05, 0) is 24.3 Å². The largest absolute Gasteiger partial charge is 0.508 e. The summed E-state index contributed by atoms with van der Waals surface area (Å²) in [4.78, 5) is 12.0. The Labute approximate surface area is 104 Å². The van der Waals surface area contributed by atoms with Gasteiger partial charge in [0.15, 0.2) is 5.96 Å². The van der Waals surface area contributed by atoms with Crippen molar-refractivity contribution in [3.63, 3.8) is 0 Å². The zero-order valence-corrected chi connectivity index (χ0v) is 9.84. The Bertz CT molecular complexity index is 502. The summed E-state index contributed by atoms with van der Waals surface area (Å²) in [5.41, 5.74) is 10.00. The number of phenolic OH excluding ortho intramolecular Hbond substituents is 1. The first-order valence-electron chi connectivity index (χ1n) is 4.88. The first kappa shape index (κ1) is 15.3. The number of H-pyrrole nitrogens is 1. The van der Waals surface area contributed by atoms with Crippen LogP contribution in [0.3, 0.4) is 0 Å². The highest BCUT2D eigenvalue weighted by Gasteiger charge is 1.92. The van der Waals surface area contributed by atoms with Crippen molar-refractivity contribution in [1.82, 2.24) is 4.98 Å². The minimum absolute atomic E-state index is 0.312. The molecular formula is C11H16N4O3. The highest BCUT2D eigenvalue weighted by molar-refractivity contribution is 5.80. The van der Waals surface area contributed by atoms with Crippen molar-refractivity contribution in [3.8, 4) is 5.75 Å². The lowest BCUT2D eigenvalue weighted by Gasteiger charge is -1.89. The van der Waals surface area contributed by atoms with E-state index in [9.17, 15) is 0 Å². The number of guanidine groups is 1. The highest BCUT2D eigenvalue weighted by atomic mass is 16.4. The molecule has 1 aromatic carbocycles. The lowest BCUT2D eigenvalue weighted by molar-refractivity contribution is -0.134. The number of carboxylic acid groups (broad SMARTS) is 1. The Morgan fingerprint density at radius 1 is 1.33 bits per heavy atom. The zero-order valence-electron chi connectivity index (χ0n) is 9.84. The summed E-state index contributed by atoms with van der Waals surface area (Å²) in [7, 11) is 0. The summed E-state index contributed by atoms with van der Waals surface area (Å²) in [6.45, 7) is 1.08. The Balaban J connectivity index is 0.000000307. The van der Waals surface area contributed by atoms with E-state index in [1.54, 1.807) is 12.1 Å². The number of hydrogen-bond acceptors (Lipinski definition) is 3. The lowest BCUT2D eigenvalue weighted by atomic mass is 10.2. The number of aliphatic carboxylic acids is 1. The van der Waals surface area contributed by atoms with E-state index in [1.165, 1.54) is 0 Å². The molecule has 2 rings (SSSR count). The molecule has 0 radical (unpaired) electrons. The molecule has 0 aliphatic carbocycles. The number of phenols is 1. The summed E-state index contributed by atoms with van der Waals surface area (Å²) < 4.78 is 0. The van der Waals surface area contributed by atoms with Crippen molar-refractivity contribution in [3.05, 3.63) is 30.5 Å². The second-order valence-corrected chi connectivity index (χ2v) is 3.22. The van der Waals surface area contributed by atoms with Crippen LogP contribution in [-0.4, -0.2) is 27.1 Å². The third kappa shape index (κ3) is 7.57.